The Balaban J connectivity index is 2.18. The lowest BCUT2D eigenvalue weighted by Gasteiger charge is -2.06. The molecule has 0 aliphatic heterocycles. The number of ether oxygens (including phenoxy) is 1. The molecule has 2 rings (SSSR count). The van der Waals surface area contributed by atoms with E-state index in [1.165, 1.54) is 37.7 Å². The van der Waals surface area contributed by atoms with Crippen LogP contribution in [-0.4, -0.2) is 23.0 Å². The highest BCUT2D eigenvalue weighted by molar-refractivity contribution is 9.10. The molecule has 1 aromatic carbocycles. The predicted molar refractivity (Wildman–Crippen MR) is 70.6 cm³/mol. The molecule has 98 valence electrons. The first-order valence-corrected chi connectivity index (χ1v) is 6.02. The number of hydrogen-bond acceptors (Lipinski definition) is 4. The Kier molecular flexibility index (Phi) is 4.06. The first kappa shape index (κ1) is 13.4. The van der Waals surface area contributed by atoms with Crippen molar-refractivity contribution >= 4 is 27.7 Å². The second kappa shape index (κ2) is 5.75. The van der Waals surface area contributed by atoms with Crippen LogP contribution in [0.1, 0.15) is 10.4 Å². The number of benzene rings is 1. The number of carbonyl (C=O) groups excluding carboxylic acids is 1. The van der Waals surface area contributed by atoms with Gasteiger partial charge in [-0.05, 0) is 34.1 Å². The van der Waals surface area contributed by atoms with E-state index in [0.29, 0.717) is 10.4 Å². The lowest BCUT2D eigenvalue weighted by atomic mass is 10.2. The Morgan fingerprint density at radius 1 is 1.37 bits per heavy atom. The fraction of sp³-hybridized carbons (Fsp3) is 0.0833. The molecule has 0 spiro atoms. The Morgan fingerprint density at radius 3 is 2.79 bits per heavy atom. The van der Waals surface area contributed by atoms with Crippen LogP contribution in [0.5, 0.6) is 5.75 Å². The van der Waals surface area contributed by atoms with E-state index in [1.807, 2.05) is 0 Å². The average molecular weight is 326 g/mol. The molecule has 0 unspecified atom stereocenters. The van der Waals surface area contributed by atoms with Crippen LogP contribution >= 0.6 is 15.9 Å². The Hall–Kier alpha value is -2.02. The summed E-state index contributed by atoms with van der Waals surface area (Å²) >= 11 is 3.14. The van der Waals surface area contributed by atoms with Crippen LogP contribution in [0.3, 0.4) is 0 Å². The summed E-state index contributed by atoms with van der Waals surface area (Å²) in [5, 5.41) is 2.54. The topological polar surface area (TPSA) is 64.1 Å². The van der Waals surface area contributed by atoms with Crippen LogP contribution in [0.4, 0.5) is 10.2 Å². The molecule has 7 heteroatoms. The first-order chi connectivity index (χ1) is 9.10. The Bertz CT molecular complexity index is 604. The fourth-order valence-electron chi connectivity index (χ4n) is 1.37. The molecule has 0 atom stereocenters. The van der Waals surface area contributed by atoms with Gasteiger partial charge >= 0.3 is 0 Å². The van der Waals surface area contributed by atoms with E-state index in [-0.39, 0.29) is 11.3 Å². The molecule has 0 bridgehead atoms. The number of aromatic nitrogens is 2. The summed E-state index contributed by atoms with van der Waals surface area (Å²) in [6.45, 7) is 0. The second-order valence-corrected chi connectivity index (χ2v) is 4.34. The summed E-state index contributed by atoms with van der Waals surface area (Å²) in [5.41, 5.74) is 0.267. The zero-order valence-electron chi connectivity index (χ0n) is 9.85. The minimum atomic E-state index is -0.525. The van der Waals surface area contributed by atoms with Crippen molar-refractivity contribution in [2.75, 3.05) is 12.4 Å². The number of anilines is 1. The van der Waals surface area contributed by atoms with Gasteiger partial charge in [0.05, 0.1) is 19.5 Å². The van der Waals surface area contributed by atoms with Gasteiger partial charge in [-0.15, -0.1) is 0 Å². The van der Waals surface area contributed by atoms with Crippen LogP contribution < -0.4 is 10.1 Å². The number of rotatable bonds is 3. The molecule has 0 radical (unpaired) electrons. The molecule has 0 saturated heterocycles. The van der Waals surface area contributed by atoms with Crippen molar-refractivity contribution in [1.82, 2.24) is 9.97 Å². The molecule has 0 aliphatic rings. The molecular weight excluding hydrogens is 317 g/mol. The average Bonchev–Trinajstić information content (AvgIpc) is 2.42. The highest BCUT2D eigenvalue weighted by atomic mass is 79.9. The Morgan fingerprint density at radius 2 is 2.16 bits per heavy atom. The standard InChI is InChI=1S/C12H9BrFN3O2/c1-19-9-4-7(2-3-8(9)14)12(18)17-11-6-15-10(13)5-16-11/h2-6H,1H3,(H,16,17,18). The van der Waals surface area contributed by atoms with Gasteiger partial charge in [0.25, 0.3) is 5.91 Å². The third-order valence-electron chi connectivity index (χ3n) is 2.28. The number of carbonyl (C=O) groups is 1. The monoisotopic (exact) mass is 325 g/mol. The molecule has 1 amide bonds. The molecule has 1 aromatic heterocycles. The summed E-state index contributed by atoms with van der Waals surface area (Å²) in [5.74, 6) is -0.636. The van der Waals surface area contributed by atoms with Gasteiger partial charge in [0.15, 0.2) is 17.4 Å². The minimum Gasteiger partial charge on any atom is -0.494 e. The minimum absolute atomic E-state index is 0.00883. The molecular formula is C12H9BrFN3O2. The van der Waals surface area contributed by atoms with E-state index in [1.54, 1.807) is 0 Å². The number of nitrogens with zero attached hydrogens (tertiary/aromatic N) is 2. The van der Waals surface area contributed by atoms with E-state index in [9.17, 15) is 9.18 Å². The van der Waals surface area contributed by atoms with E-state index in [4.69, 9.17) is 4.74 Å². The lowest BCUT2D eigenvalue weighted by Crippen LogP contribution is -2.13. The number of nitrogens with one attached hydrogen (secondary N) is 1. The Labute approximate surface area is 117 Å². The summed E-state index contributed by atoms with van der Waals surface area (Å²) < 4.78 is 18.6. The highest BCUT2D eigenvalue weighted by Gasteiger charge is 2.11. The van der Waals surface area contributed by atoms with Gasteiger partial charge in [0.2, 0.25) is 0 Å². The normalized spacial score (nSPS) is 10.1. The predicted octanol–water partition coefficient (Wildman–Crippen LogP) is 2.64. The van der Waals surface area contributed by atoms with Crippen LogP contribution in [0.25, 0.3) is 0 Å². The quantitative estimate of drug-likeness (QED) is 0.942. The third kappa shape index (κ3) is 3.25. The SMILES string of the molecule is COc1cc(C(=O)Nc2cnc(Br)cn2)ccc1F. The lowest BCUT2D eigenvalue weighted by molar-refractivity contribution is 0.102. The summed E-state index contributed by atoms with van der Waals surface area (Å²) in [4.78, 5) is 19.8. The summed E-state index contributed by atoms with van der Waals surface area (Å²) in [6, 6.07) is 3.84. The van der Waals surface area contributed by atoms with Gasteiger partial charge in [-0.1, -0.05) is 0 Å². The molecule has 19 heavy (non-hydrogen) atoms. The molecule has 0 fully saturated rings. The zero-order valence-corrected chi connectivity index (χ0v) is 11.4. The van der Waals surface area contributed by atoms with E-state index >= 15 is 0 Å². The van der Waals surface area contributed by atoms with Crippen molar-refractivity contribution in [2.24, 2.45) is 0 Å². The first-order valence-electron chi connectivity index (χ1n) is 5.22. The third-order valence-corrected chi connectivity index (χ3v) is 2.68. The summed E-state index contributed by atoms with van der Waals surface area (Å²) in [7, 11) is 1.33. The van der Waals surface area contributed by atoms with Gasteiger partial charge in [-0.3, -0.25) is 4.79 Å². The maximum absolute atomic E-state index is 13.2. The van der Waals surface area contributed by atoms with Crippen LogP contribution in [-0.2, 0) is 0 Å². The smallest absolute Gasteiger partial charge is 0.256 e. The van der Waals surface area contributed by atoms with Gasteiger partial charge in [0, 0.05) is 5.56 Å². The highest BCUT2D eigenvalue weighted by Crippen LogP contribution is 2.19. The second-order valence-electron chi connectivity index (χ2n) is 3.53. The molecule has 1 heterocycles. The van der Waals surface area contributed by atoms with Gasteiger partial charge in [-0.2, -0.15) is 0 Å². The number of halogens is 2. The van der Waals surface area contributed by atoms with Crippen LogP contribution in [0.15, 0.2) is 35.2 Å². The van der Waals surface area contributed by atoms with Crippen LogP contribution in [0, 0.1) is 5.82 Å². The fourth-order valence-corrected chi connectivity index (χ4v) is 1.57. The maximum Gasteiger partial charge on any atom is 0.256 e. The largest absolute Gasteiger partial charge is 0.494 e. The molecule has 1 N–H and O–H groups in total. The maximum atomic E-state index is 13.2. The number of hydrogen-bond donors (Lipinski definition) is 1. The van der Waals surface area contributed by atoms with Crippen molar-refractivity contribution in [3.05, 3.63) is 46.6 Å². The summed E-state index contributed by atoms with van der Waals surface area (Å²) in [6.07, 6.45) is 2.86. The van der Waals surface area contributed by atoms with E-state index in [0.717, 1.165) is 0 Å². The van der Waals surface area contributed by atoms with Crippen molar-refractivity contribution < 1.29 is 13.9 Å². The van der Waals surface area contributed by atoms with Gasteiger partial charge in [0.1, 0.15) is 4.60 Å². The van der Waals surface area contributed by atoms with Crippen LogP contribution in [0.2, 0.25) is 0 Å². The molecule has 2 aromatic rings. The number of methoxy groups -OCH3 is 1. The van der Waals surface area contributed by atoms with E-state index in [2.05, 4.69) is 31.2 Å². The van der Waals surface area contributed by atoms with Crippen molar-refractivity contribution in [3.63, 3.8) is 0 Å². The zero-order chi connectivity index (χ0) is 13.8. The molecule has 5 nitrogen and oxygen atoms in total. The molecule has 0 aliphatic carbocycles. The van der Waals surface area contributed by atoms with Crippen molar-refractivity contribution in [1.29, 1.82) is 0 Å². The van der Waals surface area contributed by atoms with E-state index < -0.39 is 11.7 Å². The molecule has 0 saturated carbocycles. The van der Waals surface area contributed by atoms with Crippen molar-refractivity contribution in [2.45, 2.75) is 0 Å². The number of amides is 1. The van der Waals surface area contributed by atoms with Gasteiger partial charge < -0.3 is 10.1 Å². The van der Waals surface area contributed by atoms with Crippen molar-refractivity contribution in [3.8, 4) is 5.75 Å². The van der Waals surface area contributed by atoms with Gasteiger partial charge in [-0.25, -0.2) is 14.4 Å².